The molecule has 1 saturated heterocycles. The van der Waals surface area contributed by atoms with Gasteiger partial charge in [-0.25, -0.2) is 9.59 Å². The Kier molecular flexibility index (Phi) is 9.51. The Labute approximate surface area is 179 Å². The van der Waals surface area contributed by atoms with Crippen molar-refractivity contribution in [3.63, 3.8) is 0 Å². The number of hydroxylamine groups is 2. The zero-order valence-corrected chi connectivity index (χ0v) is 18.5. The first-order valence-electron chi connectivity index (χ1n) is 10.7. The van der Waals surface area contributed by atoms with Gasteiger partial charge in [0.25, 0.3) is 0 Å². The minimum atomic E-state index is -0.504. The van der Waals surface area contributed by atoms with Gasteiger partial charge in [-0.05, 0) is 37.0 Å². The number of carbonyl (C=O) groups excluding carboxylic acids is 2. The topological polar surface area (TPSA) is 77.1 Å². The molecule has 0 aromatic heterocycles. The van der Waals surface area contributed by atoms with Gasteiger partial charge in [-0.2, -0.15) is 5.06 Å². The summed E-state index contributed by atoms with van der Waals surface area (Å²) in [4.78, 5) is 30.1. The van der Waals surface area contributed by atoms with Crippen LogP contribution in [0.15, 0.2) is 23.8 Å². The fourth-order valence-electron chi connectivity index (χ4n) is 3.46. The number of hydrogen-bond donors (Lipinski definition) is 1. The van der Waals surface area contributed by atoms with Crippen molar-refractivity contribution in [2.75, 3.05) is 27.3 Å². The molecule has 1 unspecified atom stereocenters. The van der Waals surface area contributed by atoms with Crippen LogP contribution in [0.25, 0.3) is 6.08 Å². The number of amides is 2. The Morgan fingerprint density at radius 2 is 2.03 bits per heavy atom. The number of rotatable bonds is 12. The lowest BCUT2D eigenvalue weighted by atomic mass is 9.92. The van der Waals surface area contributed by atoms with Crippen LogP contribution < -0.4 is 14.8 Å². The highest BCUT2D eigenvalue weighted by atomic mass is 16.7. The van der Waals surface area contributed by atoms with Gasteiger partial charge in [-0.3, -0.25) is 0 Å². The number of hydrogen-bond acceptors (Lipinski definition) is 5. The van der Waals surface area contributed by atoms with Gasteiger partial charge in [0, 0.05) is 23.7 Å². The second-order valence-electron chi connectivity index (χ2n) is 7.45. The molecule has 1 fully saturated rings. The summed E-state index contributed by atoms with van der Waals surface area (Å²) in [7, 11) is 3.17. The summed E-state index contributed by atoms with van der Waals surface area (Å²) in [5.41, 5.74) is 1.28. The highest BCUT2D eigenvalue weighted by molar-refractivity contribution is 5.94. The lowest BCUT2D eigenvalue weighted by Gasteiger charge is -2.18. The van der Waals surface area contributed by atoms with Crippen LogP contribution in [-0.2, 0) is 9.63 Å². The standard InChI is InChI=1S/C23H34N2O5/c1-5-7-8-17(6-2)9-10-19(22(26)30-25-14-13-24-23(25)27)15-18-11-12-20(28-3)16-21(18)29-4/h11-12,15-17H,5-10,13-14H2,1-4H3,(H,24,27)/b19-15+. The summed E-state index contributed by atoms with van der Waals surface area (Å²) in [5.74, 6) is 1.33. The number of benzene rings is 1. The number of carbonyl (C=O) groups is 2. The minimum absolute atomic E-state index is 0.345. The Morgan fingerprint density at radius 1 is 1.23 bits per heavy atom. The molecule has 7 heteroatoms. The molecule has 1 aliphatic heterocycles. The molecular weight excluding hydrogens is 384 g/mol. The maximum atomic E-state index is 12.9. The van der Waals surface area contributed by atoms with Crippen molar-refractivity contribution in [3.8, 4) is 11.5 Å². The van der Waals surface area contributed by atoms with E-state index in [2.05, 4.69) is 19.2 Å². The maximum absolute atomic E-state index is 12.9. The van der Waals surface area contributed by atoms with Crippen molar-refractivity contribution in [1.82, 2.24) is 10.4 Å². The average molecular weight is 419 g/mol. The van der Waals surface area contributed by atoms with Crippen molar-refractivity contribution in [1.29, 1.82) is 0 Å². The fourth-order valence-corrected chi connectivity index (χ4v) is 3.46. The highest BCUT2D eigenvalue weighted by Crippen LogP contribution is 2.29. The van der Waals surface area contributed by atoms with Gasteiger partial charge in [0.15, 0.2) is 0 Å². The van der Waals surface area contributed by atoms with Crippen LogP contribution in [0, 0.1) is 5.92 Å². The molecule has 2 rings (SSSR count). The molecule has 0 aliphatic carbocycles. The molecule has 30 heavy (non-hydrogen) atoms. The monoisotopic (exact) mass is 418 g/mol. The largest absolute Gasteiger partial charge is 0.497 e. The lowest BCUT2D eigenvalue weighted by Crippen LogP contribution is -2.31. The Morgan fingerprint density at radius 3 is 2.63 bits per heavy atom. The molecule has 166 valence electrons. The number of unbranched alkanes of at least 4 members (excludes halogenated alkanes) is 1. The third kappa shape index (κ3) is 6.68. The first-order chi connectivity index (χ1) is 14.5. The molecule has 0 radical (unpaired) electrons. The second kappa shape index (κ2) is 12.1. The van der Waals surface area contributed by atoms with Gasteiger partial charge in [0.05, 0.1) is 20.8 Å². The predicted molar refractivity (Wildman–Crippen MR) is 116 cm³/mol. The van der Waals surface area contributed by atoms with Crippen LogP contribution in [0.3, 0.4) is 0 Å². The molecule has 1 heterocycles. The van der Waals surface area contributed by atoms with Gasteiger partial charge in [0.2, 0.25) is 0 Å². The van der Waals surface area contributed by atoms with Gasteiger partial charge in [-0.1, -0.05) is 39.5 Å². The summed E-state index contributed by atoms with van der Waals surface area (Å²) >= 11 is 0. The van der Waals surface area contributed by atoms with Crippen LogP contribution in [-0.4, -0.2) is 44.4 Å². The van der Waals surface area contributed by atoms with E-state index < -0.39 is 5.97 Å². The zero-order chi connectivity index (χ0) is 21.9. The van der Waals surface area contributed by atoms with Crippen LogP contribution in [0.5, 0.6) is 11.5 Å². The SMILES string of the molecule is CCCCC(CC)CC/C(=C\c1ccc(OC)cc1OC)C(=O)ON1CCNC1=O. The van der Waals surface area contributed by atoms with Crippen molar-refractivity contribution >= 4 is 18.1 Å². The van der Waals surface area contributed by atoms with E-state index in [0.717, 1.165) is 36.3 Å². The van der Waals surface area contributed by atoms with E-state index in [-0.39, 0.29) is 6.03 Å². The molecule has 1 aliphatic rings. The number of urea groups is 1. The molecule has 0 bridgehead atoms. The number of nitrogens with one attached hydrogen (secondary N) is 1. The fraction of sp³-hybridized carbons (Fsp3) is 0.565. The quantitative estimate of drug-likeness (QED) is 0.503. The Hall–Kier alpha value is -2.70. The van der Waals surface area contributed by atoms with Crippen LogP contribution in [0.1, 0.15) is 57.9 Å². The molecule has 2 amide bonds. The summed E-state index contributed by atoms with van der Waals surface area (Å²) in [6.07, 6.45) is 7.82. The first kappa shape index (κ1) is 23.6. The molecule has 1 aromatic rings. The number of nitrogens with zero attached hydrogens (tertiary/aromatic N) is 1. The van der Waals surface area contributed by atoms with Crippen LogP contribution in [0.2, 0.25) is 0 Å². The Bertz CT molecular complexity index is 747. The van der Waals surface area contributed by atoms with Crippen molar-refractivity contribution < 1.29 is 23.9 Å². The van der Waals surface area contributed by atoms with E-state index >= 15 is 0 Å². The van der Waals surface area contributed by atoms with E-state index in [1.807, 2.05) is 12.1 Å². The van der Waals surface area contributed by atoms with E-state index in [1.165, 1.54) is 6.42 Å². The van der Waals surface area contributed by atoms with Crippen LogP contribution >= 0.6 is 0 Å². The molecule has 7 nitrogen and oxygen atoms in total. The molecule has 0 saturated carbocycles. The smallest absolute Gasteiger partial charge is 0.359 e. The van der Waals surface area contributed by atoms with E-state index in [0.29, 0.717) is 42.5 Å². The minimum Gasteiger partial charge on any atom is -0.497 e. The van der Waals surface area contributed by atoms with Crippen molar-refractivity contribution in [2.24, 2.45) is 5.92 Å². The second-order valence-corrected chi connectivity index (χ2v) is 7.45. The molecule has 1 N–H and O–H groups in total. The first-order valence-corrected chi connectivity index (χ1v) is 10.7. The van der Waals surface area contributed by atoms with Gasteiger partial charge >= 0.3 is 12.0 Å². The molecule has 1 atom stereocenters. The third-order valence-electron chi connectivity index (χ3n) is 5.41. The maximum Gasteiger partial charge on any atom is 0.359 e. The summed E-state index contributed by atoms with van der Waals surface area (Å²) < 4.78 is 10.7. The molecule has 1 aromatic carbocycles. The van der Waals surface area contributed by atoms with E-state index in [1.54, 1.807) is 26.4 Å². The van der Waals surface area contributed by atoms with E-state index in [4.69, 9.17) is 14.3 Å². The summed E-state index contributed by atoms with van der Waals surface area (Å²) in [5, 5.41) is 3.71. The summed E-state index contributed by atoms with van der Waals surface area (Å²) in [6.45, 7) is 5.18. The predicted octanol–water partition coefficient (Wildman–Crippen LogP) is 4.57. The molecule has 0 spiro atoms. The Balaban J connectivity index is 2.24. The van der Waals surface area contributed by atoms with Gasteiger partial charge in [-0.15, -0.1) is 0 Å². The zero-order valence-electron chi connectivity index (χ0n) is 18.5. The van der Waals surface area contributed by atoms with Gasteiger partial charge in [0.1, 0.15) is 11.5 Å². The highest BCUT2D eigenvalue weighted by Gasteiger charge is 2.26. The van der Waals surface area contributed by atoms with E-state index in [9.17, 15) is 9.59 Å². The van der Waals surface area contributed by atoms with Crippen molar-refractivity contribution in [2.45, 2.75) is 52.4 Å². The van der Waals surface area contributed by atoms with Crippen molar-refractivity contribution in [3.05, 3.63) is 29.3 Å². The summed E-state index contributed by atoms with van der Waals surface area (Å²) in [6, 6.07) is 5.06. The van der Waals surface area contributed by atoms with Crippen LogP contribution in [0.4, 0.5) is 4.79 Å². The number of methoxy groups -OCH3 is 2. The lowest BCUT2D eigenvalue weighted by molar-refractivity contribution is -0.168. The number of ether oxygens (including phenoxy) is 2. The average Bonchev–Trinajstić information content (AvgIpc) is 3.17. The third-order valence-corrected chi connectivity index (χ3v) is 5.41. The normalized spacial score (nSPS) is 15.0. The van der Waals surface area contributed by atoms with Gasteiger partial charge < -0.3 is 19.6 Å². The molecular formula is C23H34N2O5.